The molecule has 0 aliphatic rings. The van der Waals surface area contributed by atoms with Gasteiger partial charge in [-0.2, -0.15) is 0 Å². The number of hydrogen-bond acceptors (Lipinski definition) is 1. The van der Waals surface area contributed by atoms with Gasteiger partial charge in [-0.3, -0.25) is 0 Å². The summed E-state index contributed by atoms with van der Waals surface area (Å²) in [6, 6.07) is 11.5. The molecule has 0 aliphatic carbocycles. The van der Waals surface area contributed by atoms with Gasteiger partial charge in [-0.25, -0.2) is 0 Å². The fourth-order valence-electron chi connectivity index (χ4n) is 3.05. The van der Waals surface area contributed by atoms with E-state index in [2.05, 4.69) is 80.8 Å². The van der Waals surface area contributed by atoms with Crippen LogP contribution in [-0.4, -0.2) is 20.7 Å². The van der Waals surface area contributed by atoms with Crippen molar-refractivity contribution in [3.63, 3.8) is 0 Å². The lowest BCUT2D eigenvalue weighted by Gasteiger charge is -2.47. The van der Waals surface area contributed by atoms with Crippen molar-refractivity contribution in [1.82, 2.24) is 4.23 Å². The molecule has 1 rings (SSSR count). The minimum atomic E-state index is -1.27. The van der Waals surface area contributed by atoms with Gasteiger partial charge in [0, 0.05) is 6.04 Å². The Labute approximate surface area is 109 Å². The predicted octanol–water partition coefficient (Wildman–Crippen LogP) is 4.72. The zero-order chi connectivity index (χ0) is 13.3. The van der Waals surface area contributed by atoms with Crippen molar-refractivity contribution >= 4 is 16.5 Å². The maximum atomic E-state index is 2.86. The molecule has 0 radical (unpaired) electrons. The third kappa shape index (κ3) is 3.80. The normalized spacial score (nSPS) is 15.1. The summed E-state index contributed by atoms with van der Waals surface area (Å²) in [5.74, 6) is 0. The Morgan fingerprint density at radius 3 is 1.59 bits per heavy atom. The van der Waals surface area contributed by atoms with Crippen LogP contribution in [0.5, 0.6) is 0 Å². The smallest absolute Gasteiger partial charge is 0.112 e. The fraction of sp³-hybridized carbons (Fsp3) is 0.571. The van der Waals surface area contributed by atoms with E-state index in [1.165, 1.54) is 5.56 Å². The van der Waals surface area contributed by atoms with Crippen LogP contribution >= 0.6 is 0 Å². The van der Waals surface area contributed by atoms with Crippen LogP contribution in [-0.2, 0) is 0 Å². The Kier molecular flexibility index (Phi) is 4.39. The molecule has 0 aliphatic heterocycles. The van der Waals surface area contributed by atoms with E-state index in [9.17, 15) is 0 Å². The molecule has 3 heteroatoms. The molecule has 0 unspecified atom stereocenters. The molecule has 1 nitrogen and oxygen atoms in total. The van der Waals surface area contributed by atoms with E-state index < -0.39 is 16.5 Å². The first-order valence-electron chi connectivity index (χ1n) is 6.48. The summed E-state index contributed by atoms with van der Waals surface area (Å²) in [5.41, 5.74) is 1.46. The summed E-state index contributed by atoms with van der Waals surface area (Å²) in [7, 11) is -2.55. The minimum absolute atomic E-state index is 0.550. The van der Waals surface area contributed by atoms with Gasteiger partial charge in [-0.1, -0.05) is 69.6 Å². The van der Waals surface area contributed by atoms with E-state index in [1.54, 1.807) is 0 Å². The lowest BCUT2D eigenvalue weighted by atomic mass is 10.1. The maximum Gasteiger partial charge on any atom is 0.112 e. The highest BCUT2D eigenvalue weighted by Gasteiger charge is 2.37. The van der Waals surface area contributed by atoms with Crippen LogP contribution in [0.15, 0.2) is 30.3 Å². The average Bonchev–Trinajstić information content (AvgIpc) is 2.14. The molecular weight excluding hydrogens is 238 g/mol. The first kappa shape index (κ1) is 14.7. The summed E-state index contributed by atoms with van der Waals surface area (Å²) in [6.45, 7) is 17.1. The molecule has 1 atom stereocenters. The summed E-state index contributed by atoms with van der Waals surface area (Å²) in [5, 5.41) is 0. The first-order chi connectivity index (χ1) is 7.64. The van der Waals surface area contributed by atoms with Gasteiger partial charge in [0.25, 0.3) is 0 Å². The summed E-state index contributed by atoms with van der Waals surface area (Å²) < 4.78 is 2.86. The Morgan fingerprint density at radius 2 is 1.24 bits per heavy atom. The van der Waals surface area contributed by atoms with Gasteiger partial charge >= 0.3 is 0 Å². The highest BCUT2D eigenvalue weighted by molar-refractivity contribution is 6.89. The zero-order valence-corrected chi connectivity index (χ0v) is 14.4. The van der Waals surface area contributed by atoms with E-state index in [-0.39, 0.29) is 0 Å². The minimum Gasteiger partial charge on any atom is -0.340 e. The Hall–Kier alpha value is -0.386. The van der Waals surface area contributed by atoms with Crippen LogP contribution < -0.4 is 0 Å². The second kappa shape index (κ2) is 5.08. The standard InChI is InChI=1S/C14H27NSi2/c1-13(14-11-9-8-10-12-14)15(16(2,3)4)17(5,6)7/h8-13H,1-7H3/t13-/m1/s1. The Morgan fingerprint density at radius 1 is 0.824 bits per heavy atom. The number of nitrogens with zero attached hydrogens (tertiary/aromatic N) is 1. The summed E-state index contributed by atoms with van der Waals surface area (Å²) in [6.07, 6.45) is 0. The van der Waals surface area contributed by atoms with Gasteiger partial charge < -0.3 is 4.23 Å². The quantitative estimate of drug-likeness (QED) is 0.712. The predicted molar refractivity (Wildman–Crippen MR) is 83.4 cm³/mol. The molecule has 0 saturated carbocycles. The highest BCUT2D eigenvalue weighted by atomic mass is 28.4. The second-order valence-electron chi connectivity index (χ2n) is 6.80. The number of hydrogen-bond donors (Lipinski definition) is 0. The van der Waals surface area contributed by atoms with Crippen LogP contribution in [0.2, 0.25) is 39.3 Å². The lowest BCUT2D eigenvalue weighted by molar-refractivity contribution is 0.491. The largest absolute Gasteiger partial charge is 0.340 e. The van der Waals surface area contributed by atoms with Crippen LogP contribution in [0.1, 0.15) is 18.5 Å². The molecule has 0 heterocycles. The van der Waals surface area contributed by atoms with Crippen LogP contribution in [0.25, 0.3) is 0 Å². The van der Waals surface area contributed by atoms with Crippen molar-refractivity contribution < 1.29 is 0 Å². The van der Waals surface area contributed by atoms with Crippen molar-refractivity contribution in [3.05, 3.63) is 35.9 Å². The Bertz CT molecular complexity index is 335. The van der Waals surface area contributed by atoms with Gasteiger partial charge in [0.1, 0.15) is 16.5 Å². The highest BCUT2D eigenvalue weighted by Crippen LogP contribution is 2.31. The molecule has 0 spiro atoms. The van der Waals surface area contributed by atoms with E-state index in [1.807, 2.05) is 0 Å². The third-order valence-corrected chi connectivity index (χ3v) is 10.8. The van der Waals surface area contributed by atoms with Crippen molar-refractivity contribution in [3.8, 4) is 0 Å². The van der Waals surface area contributed by atoms with Crippen LogP contribution in [0, 0.1) is 0 Å². The van der Waals surface area contributed by atoms with Crippen LogP contribution in [0.4, 0.5) is 0 Å². The summed E-state index contributed by atoms with van der Waals surface area (Å²) in [4.78, 5) is 0. The number of benzene rings is 1. The van der Waals surface area contributed by atoms with E-state index >= 15 is 0 Å². The van der Waals surface area contributed by atoms with E-state index in [0.717, 1.165) is 0 Å². The number of rotatable bonds is 4. The second-order valence-corrected chi connectivity index (χ2v) is 16.9. The fourth-order valence-corrected chi connectivity index (χ4v) is 13.7. The summed E-state index contributed by atoms with van der Waals surface area (Å²) >= 11 is 0. The molecule has 0 N–H and O–H groups in total. The zero-order valence-electron chi connectivity index (χ0n) is 12.4. The van der Waals surface area contributed by atoms with Crippen molar-refractivity contribution in [2.24, 2.45) is 0 Å². The maximum absolute atomic E-state index is 2.86. The van der Waals surface area contributed by atoms with Gasteiger partial charge in [-0.05, 0) is 12.5 Å². The van der Waals surface area contributed by atoms with Crippen molar-refractivity contribution in [2.45, 2.75) is 52.2 Å². The molecule has 1 aromatic carbocycles. The van der Waals surface area contributed by atoms with Gasteiger partial charge in [0.05, 0.1) is 0 Å². The lowest BCUT2D eigenvalue weighted by Crippen LogP contribution is -2.59. The van der Waals surface area contributed by atoms with E-state index in [0.29, 0.717) is 6.04 Å². The molecule has 0 bridgehead atoms. The first-order valence-corrected chi connectivity index (χ1v) is 13.4. The Balaban J connectivity index is 3.09. The van der Waals surface area contributed by atoms with Crippen LogP contribution in [0.3, 0.4) is 0 Å². The van der Waals surface area contributed by atoms with Gasteiger partial charge in [0.15, 0.2) is 0 Å². The molecule has 0 saturated heterocycles. The third-order valence-electron chi connectivity index (χ3n) is 3.11. The molecule has 0 fully saturated rings. The molecule has 0 amide bonds. The van der Waals surface area contributed by atoms with E-state index in [4.69, 9.17) is 0 Å². The molecule has 1 aromatic rings. The van der Waals surface area contributed by atoms with Crippen molar-refractivity contribution in [2.75, 3.05) is 0 Å². The van der Waals surface area contributed by atoms with Gasteiger partial charge in [0.2, 0.25) is 0 Å². The average molecular weight is 266 g/mol. The van der Waals surface area contributed by atoms with Gasteiger partial charge in [-0.15, -0.1) is 0 Å². The topological polar surface area (TPSA) is 3.24 Å². The molecule has 96 valence electrons. The van der Waals surface area contributed by atoms with Crippen molar-refractivity contribution in [1.29, 1.82) is 0 Å². The molecule has 17 heavy (non-hydrogen) atoms. The molecule has 0 aromatic heterocycles. The monoisotopic (exact) mass is 265 g/mol. The SMILES string of the molecule is C[C@H](c1ccccc1)N([Si](C)(C)C)[Si](C)(C)C. The molecular formula is C14H27NSi2.